The monoisotopic (exact) mass is 319 g/mol. The van der Waals surface area contributed by atoms with E-state index >= 15 is 0 Å². The van der Waals surface area contributed by atoms with Gasteiger partial charge < -0.3 is 15.2 Å². The number of thiophene rings is 1. The van der Waals surface area contributed by atoms with Crippen LogP contribution < -0.4 is 10.1 Å². The molecule has 118 valence electrons. The Kier molecular flexibility index (Phi) is 5.98. The number of aliphatic hydroxyl groups excluding tert-OH is 1. The number of hydrogen-bond acceptors (Lipinski definition) is 4. The van der Waals surface area contributed by atoms with E-state index < -0.39 is 0 Å². The van der Waals surface area contributed by atoms with Gasteiger partial charge in [-0.3, -0.25) is 4.79 Å². The van der Waals surface area contributed by atoms with Gasteiger partial charge in [-0.2, -0.15) is 0 Å². The van der Waals surface area contributed by atoms with Crippen LogP contribution in [0.5, 0.6) is 5.75 Å². The standard InChI is InChI=1S/C17H21NO3S/c1-3-13(9-10-19)18-17(20)16-14(21-2)11-15(22-16)12-7-5-4-6-8-12/h4-8,11,13,19H,3,9-10H2,1-2H3,(H,18,20). The summed E-state index contributed by atoms with van der Waals surface area (Å²) >= 11 is 1.42. The van der Waals surface area contributed by atoms with Crippen LogP contribution in [0.4, 0.5) is 0 Å². The minimum Gasteiger partial charge on any atom is -0.495 e. The third kappa shape index (κ3) is 3.87. The van der Waals surface area contributed by atoms with Crippen molar-refractivity contribution in [2.24, 2.45) is 0 Å². The van der Waals surface area contributed by atoms with E-state index in [9.17, 15) is 4.79 Å². The molecule has 1 unspecified atom stereocenters. The van der Waals surface area contributed by atoms with E-state index in [1.165, 1.54) is 11.3 Å². The van der Waals surface area contributed by atoms with E-state index in [0.717, 1.165) is 16.9 Å². The third-order valence-corrected chi connectivity index (χ3v) is 4.65. The summed E-state index contributed by atoms with van der Waals surface area (Å²) < 4.78 is 5.34. The third-order valence-electron chi connectivity index (χ3n) is 3.49. The fraction of sp³-hybridized carbons (Fsp3) is 0.353. The van der Waals surface area contributed by atoms with Crippen LogP contribution >= 0.6 is 11.3 Å². The smallest absolute Gasteiger partial charge is 0.265 e. The average Bonchev–Trinajstić information content (AvgIpc) is 2.99. The van der Waals surface area contributed by atoms with Crippen molar-refractivity contribution in [2.45, 2.75) is 25.8 Å². The van der Waals surface area contributed by atoms with E-state index in [1.807, 2.05) is 43.3 Å². The van der Waals surface area contributed by atoms with Gasteiger partial charge in [0.05, 0.1) is 7.11 Å². The van der Waals surface area contributed by atoms with Gasteiger partial charge in [-0.25, -0.2) is 0 Å². The van der Waals surface area contributed by atoms with E-state index in [2.05, 4.69) is 5.32 Å². The Morgan fingerprint density at radius 2 is 2.09 bits per heavy atom. The summed E-state index contributed by atoms with van der Waals surface area (Å²) in [7, 11) is 1.57. The van der Waals surface area contributed by atoms with Crippen LogP contribution in [-0.2, 0) is 0 Å². The van der Waals surface area contributed by atoms with Crippen LogP contribution in [0, 0.1) is 0 Å². The number of amides is 1. The predicted molar refractivity (Wildman–Crippen MR) is 89.6 cm³/mol. The molecule has 1 aromatic heterocycles. The second-order valence-corrected chi connectivity index (χ2v) is 6.02. The van der Waals surface area contributed by atoms with Gasteiger partial charge in [-0.1, -0.05) is 37.3 Å². The Morgan fingerprint density at radius 3 is 2.68 bits per heavy atom. The number of nitrogens with one attached hydrogen (secondary N) is 1. The lowest BCUT2D eigenvalue weighted by atomic mass is 10.1. The molecule has 5 heteroatoms. The average molecular weight is 319 g/mol. The van der Waals surface area contributed by atoms with Gasteiger partial charge in [0, 0.05) is 17.5 Å². The van der Waals surface area contributed by atoms with Crippen LogP contribution in [0.15, 0.2) is 36.4 Å². The molecule has 1 amide bonds. The lowest BCUT2D eigenvalue weighted by Crippen LogP contribution is -2.34. The van der Waals surface area contributed by atoms with Crippen molar-refractivity contribution in [2.75, 3.05) is 13.7 Å². The summed E-state index contributed by atoms with van der Waals surface area (Å²) in [6, 6.07) is 11.8. The molecule has 0 spiro atoms. The Balaban J connectivity index is 2.23. The fourth-order valence-corrected chi connectivity index (χ4v) is 3.25. The molecule has 0 bridgehead atoms. The van der Waals surface area contributed by atoms with Gasteiger partial charge in [0.1, 0.15) is 10.6 Å². The Morgan fingerprint density at radius 1 is 1.36 bits per heavy atom. The number of rotatable bonds is 7. The molecule has 0 saturated heterocycles. The zero-order chi connectivity index (χ0) is 15.9. The predicted octanol–water partition coefficient (Wildman–Crippen LogP) is 3.31. The molecule has 2 N–H and O–H groups in total. The molecule has 0 saturated carbocycles. The maximum absolute atomic E-state index is 12.5. The Labute approximate surface area is 134 Å². The normalized spacial score (nSPS) is 12.0. The summed E-state index contributed by atoms with van der Waals surface area (Å²) in [6.07, 6.45) is 1.34. The van der Waals surface area contributed by atoms with E-state index in [-0.39, 0.29) is 18.6 Å². The SMILES string of the molecule is CCC(CCO)NC(=O)c1sc(-c2ccccc2)cc1OC. The van der Waals surface area contributed by atoms with Crippen LogP contribution in [0.3, 0.4) is 0 Å². The lowest BCUT2D eigenvalue weighted by molar-refractivity contribution is 0.0930. The first kappa shape index (κ1) is 16.5. The molecule has 0 radical (unpaired) electrons. The summed E-state index contributed by atoms with van der Waals surface area (Å²) in [5.74, 6) is 0.435. The number of aliphatic hydroxyl groups is 1. The van der Waals surface area contributed by atoms with Crippen LogP contribution in [0.2, 0.25) is 0 Å². The highest BCUT2D eigenvalue weighted by atomic mass is 32.1. The minimum absolute atomic E-state index is 0.0236. The number of hydrogen-bond donors (Lipinski definition) is 2. The molecule has 0 fully saturated rings. The van der Waals surface area contributed by atoms with E-state index in [1.54, 1.807) is 7.11 Å². The quantitative estimate of drug-likeness (QED) is 0.823. The van der Waals surface area contributed by atoms with Crippen LogP contribution in [-0.4, -0.2) is 30.8 Å². The summed E-state index contributed by atoms with van der Waals surface area (Å²) in [6.45, 7) is 2.05. The topological polar surface area (TPSA) is 58.6 Å². The van der Waals surface area contributed by atoms with Crippen molar-refractivity contribution in [3.63, 3.8) is 0 Å². The number of carbonyl (C=O) groups is 1. The molecule has 1 heterocycles. The highest BCUT2D eigenvalue weighted by molar-refractivity contribution is 7.17. The van der Waals surface area contributed by atoms with Crippen molar-refractivity contribution in [3.8, 4) is 16.2 Å². The summed E-state index contributed by atoms with van der Waals surface area (Å²) in [5, 5.41) is 12.0. The second-order valence-electron chi connectivity index (χ2n) is 4.97. The fourth-order valence-electron chi connectivity index (χ4n) is 2.21. The van der Waals surface area contributed by atoms with Crippen molar-refractivity contribution in [1.29, 1.82) is 0 Å². The largest absolute Gasteiger partial charge is 0.495 e. The molecular formula is C17H21NO3S. The Bertz CT molecular complexity index is 610. The molecule has 0 aliphatic heterocycles. The zero-order valence-corrected chi connectivity index (χ0v) is 13.7. The van der Waals surface area contributed by atoms with Gasteiger partial charge in [-0.15, -0.1) is 11.3 Å². The molecule has 2 aromatic rings. The highest BCUT2D eigenvalue weighted by Gasteiger charge is 2.20. The minimum atomic E-state index is -0.149. The summed E-state index contributed by atoms with van der Waals surface area (Å²) in [4.78, 5) is 14.0. The first-order valence-electron chi connectivity index (χ1n) is 7.34. The van der Waals surface area contributed by atoms with E-state index in [0.29, 0.717) is 17.0 Å². The maximum atomic E-state index is 12.5. The van der Waals surface area contributed by atoms with Gasteiger partial charge in [-0.05, 0) is 24.5 Å². The first-order valence-corrected chi connectivity index (χ1v) is 8.16. The van der Waals surface area contributed by atoms with E-state index in [4.69, 9.17) is 9.84 Å². The molecule has 1 atom stereocenters. The lowest BCUT2D eigenvalue weighted by Gasteiger charge is -2.15. The number of carbonyl (C=O) groups excluding carboxylic acids is 1. The van der Waals surface area contributed by atoms with Gasteiger partial charge in [0.2, 0.25) is 0 Å². The highest BCUT2D eigenvalue weighted by Crippen LogP contribution is 2.36. The molecule has 0 aliphatic carbocycles. The van der Waals surface area contributed by atoms with Crippen molar-refractivity contribution in [3.05, 3.63) is 41.3 Å². The first-order chi connectivity index (χ1) is 10.7. The molecule has 4 nitrogen and oxygen atoms in total. The van der Waals surface area contributed by atoms with Crippen LogP contribution in [0.1, 0.15) is 29.4 Å². The Hall–Kier alpha value is -1.85. The molecular weight excluding hydrogens is 298 g/mol. The van der Waals surface area contributed by atoms with Crippen LogP contribution in [0.25, 0.3) is 10.4 Å². The number of benzene rings is 1. The maximum Gasteiger partial charge on any atom is 0.265 e. The van der Waals surface area contributed by atoms with Crippen molar-refractivity contribution >= 4 is 17.2 Å². The van der Waals surface area contributed by atoms with Gasteiger partial charge >= 0.3 is 0 Å². The second kappa shape index (κ2) is 7.96. The van der Waals surface area contributed by atoms with Crippen molar-refractivity contribution < 1.29 is 14.6 Å². The van der Waals surface area contributed by atoms with Gasteiger partial charge in [0.25, 0.3) is 5.91 Å². The summed E-state index contributed by atoms with van der Waals surface area (Å²) in [5.41, 5.74) is 1.06. The molecule has 1 aromatic carbocycles. The van der Waals surface area contributed by atoms with Crippen molar-refractivity contribution in [1.82, 2.24) is 5.32 Å². The molecule has 0 aliphatic rings. The number of ether oxygens (including phenoxy) is 1. The molecule has 22 heavy (non-hydrogen) atoms. The zero-order valence-electron chi connectivity index (χ0n) is 12.8. The van der Waals surface area contributed by atoms with Gasteiger partial charge in [0.15, 0.2) is 0 Å². The number of methoxy groups -OCH3 is 1. The molecule has 2 rings (SSSR count).